The number of likely N-dealkylation sites (tertiary alicyclic amines) is 1. The molecule has 1 fully saturated rings. The van der Waals surface area contributed by atoms with Crippen LogP contribution in [0.1, 0.15) is 28.1 Å². The van der Waals surface area contributed by atoms with Crippen molar-refractivity contribution in [3.05, 3.63) is 101 Å². The van der Waals surface area contributed by atoms with Gasteiger partial charge in [0.1, 0.15) is 0 Å². The van der Waals surface area contributed by atoms with Gasteiger partial charge >= 0.3 is 0 Å². The molecule has 0 N–H and O–H groups in total. The number of anilines is 1. The van der Waals surface area contributed by atoms with Crippen molar-refractivity contribution in [3.63, 3.8) is 0 Å². The van der Waals surface area contributed by atoms with Crippen LogP contribution in [0, 0.1) is 0 Å². The highest BCUT2D eigenvalue weighted by atomic mass is 32.1. The van der Waals surface area contributed by atoms with Gasteiger partial charge in [-0.3, -0.25) is 19.6 Å². The minimum Gasteiger partial charge on any atom is -0.299 e. The SMILES string of the molecule is O=C(c1cccs1)N(c1cncc(-c2ccccc2)n1)C1CCN(Cc2ccccc2)CC1. The lowest BCUT2D eigenvalue weighted by Crippen LogP contribution is -2.47. The molecule has 1 aliphatic heterocycles. The molecule has 0 atom stereocenters. The standard InChI is InChI=1S/C27H26N4OS/c32-27(25-12-7-17-33-25)31(26-19-28-18-24(29-26)22-10-5-2-6-11-22)23-13-15-30(16-14-23)20-21-8-3-1-4-9-21/h1-12,17-19,23H,13-16,20H2. The summed E-state index contributed by atoms with van der Waals surface area (Å²) in [6.45, 7) is 2.83. The molecular formula is C27H26N4OS. The Morgan fingerprint density at radius 1 is 0.939 bits per heavy atom. The summed E-state index contributed by atoms with van der Waals surface area (Å²) in [7, 11) is 0. The molecule has 6 heteroatoms. The summed E-state index contributed by atoms with van der Waals surface area (Å²) in [6, 6.07) is 24.4. The fourth-order valence-electron chi connectivity index (χ4n) is 4.37. The Labute approximate surface area is 198 Å². The van der Waals surface area contributed by atoms with Crippen molar-refractivity contribution in [3.8, 4) is 11.3 Å². The molecule has 1 aliphatic rings. The molecule has 166 valence electrons. The van der Waals surface area contributed by atoms with E-state index in [0.717, 1.165) is 48.6 Å². The third-order valence-electron chi connectivity index (χ3n) is 6.06. The Hall–Kier alpha value is -3.35. The fraction of sp³-hybridized carbons (Fsp3) is 0.222. The highest BCUT2D eigenvalue weighted by Crippen LogP contribution is 2.28. The quantitative estimate of drug-likeness (QED) is 0.385. The molecule has 0 radical (unpaired) electrons. The summed E-state index contributed by atoms with van der Waals surface area (Å²) in [5, 5.41) is 1.94. The molecule has 0 unspecified atom stereocenters. The summed E-state index contributed by atoms with van der Waals surface area (Å²) in [6.07, 6.45) is 5.28. The van der Waals surface area contributed by atoms with Crippen LogP contribution in [0.4, 0.5) is 5.82 Å². The Balaban J connectivity index is 1.39. The van der Waals surface area contributed by atoms with E-state index in [1.165, 1.54) is 16.9 Å². The van der Waals surface area contributed by atoms with Crippen molar-refractivity contribution in [1.82, 2.24) is 14.9 Å². The normalized spacial score (nSPS) is 14.8. The predicted molar refractivity (Wildman–Crippen MR) is 133 cm³/mol. The third kappa shape index (κ3) is 5.02. The van der Waals surface area contributed by atoms with Gasteiger partial charge in [-0.05, 0) is 29.9 Å². The van der Waals surface area contributed by atoms with Gasteiger partial charge in [-0.1, -0.05) is 66.7 Å². The second kappa shape index (κ2) is 10.1. The topological polar surface area (TPSA) is 49.3 Å². The van der Waals surface area contributed by atoms with Crippen molar-refractivity contribution in [2.75, 3.05) is 18.0 Å². The Morgan fingerprint density at radius 2 is 1.67 bits per heavy atom. The number of amides is 1. The van der Waals surface area contributed by atoms with E-state index >= 15 is 0 Å². The molecule has 0 aliphatic carbocycles. The average molecular weight is 455 g/mol. The number of piperidine rings is 1. The first-order chi connectivity index (χ1) is 16.3. The smallest absolute Gasteiger partial charge is 0.269 e. The van der Waals surface area contributed by atoms with E-state index in [9.17, 15) is 4.79 Å². The number of hydrogen-bond acceptors (Lipinski definition) is 5. The van der Waals surface area contributed by atoms with Crippen LogP contribution in [-0.2, 0) is 6.54 Å². The molecule has 3 heterocycles. The van der Waals surface area contributed by atoms with Crippen LogP contribution in [0.25, 0.3) is 11.3 Å². The summed E-state index contributed by atoms with van der Waals surface area (Å²) in [5.41, 5.74) is 3.09. The first-order valence-corrected chi connectivity index (χ1v) is 12.2. The van der Waals surface area contributed by atoms with Crippen molar-refractivity contribution in [2.24, 2.45) is 0 Å². The minimum atomic E-state index is 0.00558. The predicted octanol–water partition coefficient (Wildman–Crippen LogP) is 5.52. The number of carbonyl (C=O) groups excluding carboxylic acids is 1. The van der Waals surface area contributed by atoms with Crippen LogP contribution in [-0.4, -0.2) is 39.9 Å². The lowest BCUT2D eigenvalue weighted by atomic mass is 10.0. The van der Waals surface area contributed by atoms with E-state index in [1.807, 2.05) is 58.8 Å². The van der Waals surface area contributed by atoms with E-state index in [4.69, 9.17) is 4.98 Å². The number of carbonyl (C=O) groups is 1. The van der Waals surface area contributed by atoms with Crippen LogP contribution < -0.4 is 4.90 Å². The van der Waals surface area contributed by atoms with Crippen LogP contribution in [0.5, 0.6) is 0 Å². The van der Waals surface area contributed by atoms with Gasteiger partial charge in [-0.2, -0.15) is 0 Å². The van der Waals surface area contributed by atoms with Gasteiger partial charge in [0.05, 0.1) is 23.0 Å². The summed E-state index contributed by atoms with van der Waals surface area (Å²) >= 11 is 1.47. The van der Waals surface area contributed by atoms with Gasteiger partial charge in [0.15, 0.2) is 5.82 Å². The van der Waals surface area contributed by atoms with Crippen molar-refractivity contribution in [2.45, 2.75) is 25.4 Å². The molecule has 5 nitrogen and oxygen atoms in total. The van der Waals surface area contributed by atoms with Gasteiger partial charge in [0.2, 0.25) is 0 Å². The van der Waals surface area contributed by atoms with Crippen LogP contribution in [0.2, 0.25) is 0 Å². The third-order valence-corrected chi connectivity index (χ3v) is 6.92. The second-order valence-corrected chi connectivity index (χ2v) is 9.22. The van der Waals surface area contributed by atoms with Gasteiger partial charge < -0.3 is 0 Å². The number of nitrogens with zero attached hydrogens (tertiary/aromatic N) is 4. The zero-order chi connectivity index (χ0) is 22.5. The number of hydrogen-bond donors (Lipinski definition) is 0. The number of thiophene rings is 1. The fourth-order valence-corrected chi connectivity index (χ4v) is 5.03. The van der Waals surface area contributed by atoms with Crippen LogP contribution >= 0.6 is 11.3 Å². The molecule has 0 saturated carbocycles. The van der Waals surface area contributed by atoms with E-state index in [2.05, 4.69) is 34.1 Å². The minimum absolute atomic E-state index is 0.00558. The molecule has 4 aromatic rings. The Kier molecular flexibility index (Phi) is 6.56. The highest BCUT2D eigenvalue weighted by Gasteiger charge is 2.31. The monoisotopic (exact) mass is 454 g/mol. The van der Waals surface area contributed by atoms with Gasteiger partial charge in [-0.15, -0.1) is 11.3 Å². The molecule has 0 spiro atoms. The molecular weight excluding hydrogens is 428 g/mol. The summed E-state index contributed by atoms with van der Waals surface area (Å²) < 4.78 is 0. The average Bonchev–Trinajstić information content (AvgIpc) is 3.42. The zero-order valence-electron chi connectivity index (χ0n) is 18.4. The number of aromatic nitrogens is 2. The first kappa shape index (κ1) is 21.5. The van der Waals surface area contributed by atoms with Crippen molar-refractivity contribution < 1.29 is 4.79 Å². The maximum Gasteiger partial charge on any atom is 0.269 e. The summed E-state index contributed by atoms with van der Waals surface area (Å²) in [5.74, 6) is 0.627. The lowest BCUT2D eigenvalue weighted by Gasteiger charge is -2.38. The first-order valence-electron chi connectivity index (χ1n) is 11.3. The molecule has 2 aromatic carbocycles. The Morgan fingerprint density at radius 3 is 2.36 bits per heavy atom. The van der Waals surface area contributed by atoms with E-state index in [0.29, 0.717) is 5.82 Å². The van der Waals surface area contributed by atoms with E-state index < -0.39 is 0 Å². The van der Waals surface area contributed by atoms with E-state index in [-0.39, 0.29) is 11.9 Å². The molecule has 1 amide bonds. The molecule has 33 heavy (non-hydrogen) atoms. The highest BCUT2D eigenvalue weighted by molar-refractivity contribution is 7.12. The maximum absolute atomic E-state index is 13.6. The molecule has 2 aromatic heterocycles. The van der Waals surface area contributed by atoms with Crippen LogP contribution in [0.15, 0.2) is 90.6 Å². The van der Waals surface area contributed by atoms with Gasteiger partial charge in [-0.25, -0.2) is 4.98 Å². The van der Waals surface area contributed by atoms with E-state index in [1.54, 1.807) is 12.4 Å². The summed E-state index contributed by atoms with van der Waals surface area (Å²) in [4.78, 5) is 28.0. The molecule has 5 rings (SSSR count). The number of benzene rings is 2. The Bertz CT molecular complexity index is 1170. The lowest BCUT2D eigenvalue weighted by molar-refractivity contribution is 0.0961. The van der Waals surface area contributed by atoms with Crippen LogP contribution in [0.3, 0.4) is 0 Å². The molecule has 1 saturated heterocycles. The molecule has 0 bridgehead atoms. The van der Waals surface area contributed by atoms with Crippen molar-refractivity contribution in [1.29, 1.82) is 0 Å². The second-order valence-electron chi connectivity index (χ2n) is 8.27. The largest absolute Gasteiger partial charge is 0.299 e. The maximum atomic E-state index is 13.6. The number of rotatable bonds is 6. The zero-order valence-corrected chi connectivity index (χ0v) is 19.2. The van der Waals surface area contributed by atoms with Gasteiger partial charge in [0.25, 0.3) is 5.91 Å². The van der Waals surface area contributed by atoms with Gasteiger partial charge in [0, 0.05) is 31.2 Å². The van der Waals surface area contributed by atoms with Crippen molar-refractivity contribution >= 4 is 23.1 Å².